The van der Waals surface area contributed by atoms with Crippen molar-refractivity contribution in [3.8, 4) is 0 Å². The van der Waals surface area contributed by atoms with Crippen molar-refractivity contribution in [1.29, 1.82) is 0 Å². The highest BCUT2D eigenvalue weighted by atomic mass is 31.2. The number of nitrogens with zero attached hydrogens (tertiary/aromatic N) is 6. The second-order valence-electron chi connectivity index (χ2n) is 10.7. The van der Waals surface area contributed by atoms with Gasteiger partial charge in [-0.3, -0.25) is 0 Å². The molecule has 11 N–H and O–H groups in total. The lowest BCUT2D eigenvalue weighted by atomic mass is 9.91. The van der Waals surface area contributed by atoms with Gasteiger partial charge in [0.05, 0.1) is 17.4 Å². The monoisotopic (exact) mass is 668 g/mol. The molecule has 4 aromatic heterocycles. The number of nitrogens with two attached hydrogens (primary N) is 2. The van der Waals surface area contributed by atoms with Crippen molar-refractivity contribution in [3.05, 3.63) is 37.2 Å². The van der Waals surface area contributed by atoms with E-state index in [1.807, 2.05) is 0 Å². The molecule has 2 aliphatic rings. The summed E-state index contributed by atoms with van der Waals surface area (Å²) in [7, 11) is -2.22. The SMILES string of the molecule is CC[C@@]1(O)C(O)[C@@H](CO)O[C@H]1n1ccc2c(N)ncnc21.CC[C@@]1(O)C(O)[C@@H](OOP(O)CO)O[C@H]1n1ccc2c(N)ncnc21. The van der Waals surface area contributed by atoms with Crippen LogP contribution in [0, 0.1) is 0 Å². The molecule has 19 nitrogen and oxygen atoms in total. The van der Waals surface area contributed by atoms with E-state index in [-0.39, 0.29) is 25.3 Å². The van der Waals surface area contributed by atoms with Crippen LogP contribution in [-0.2, 0) is 19.0 Å². The van der Waals surface area contributed by atoms with Crippen LogP contribution in [-0.4, -0.2) is 113 Å². The third-order valence-electron chi connectivity index (χ3n) is 8.30. The maximum absolute atomic E-state index is 10.9. The van der Waals surface area contributed by atoms with Gasteiger partial charge in [0, 0.05) is 12.4 Å². The van der Waals surface area contributed by atoms with Gasteiger partial charge in [-0.1, -0.05) is 13.8 Å². The van der Waals surface area contributed by atoms with Gasteiger partial charge in [0.25, 0.3) is 0 Å². The first kappa shape index (κ1) is 34.2. The molecule has 0 radical (unpaired) electrons. The lowest BCUT2D eigenvalue weighted by molar-refractivity contribution is -0.332. The van der Waals surface area contributed by atoms with Crippen LogP contribution in [0.4, 0.5) is 11.6 Å². The second kappa shape index (κ2) is 13.5. The van der Waals surface area contributed by atoms with E-state index in [2.05, 4.69) is 24.6 Å². The number of ether oxygens (including phenoxy) is 2. The first-order chi connectivity index (χ1) is 21.9. The molecule has 2 aliphatic heterocycles. The minimum atomic E-state index is -2.22. The van der Waals surface area contributed by atoms with Crippen molar-refractivity contribution in [3.63, 3.8) is 0 Å². The quantitative estimate of drug-likeness (QED) is 0.0585. The summed E-state index contributed by atoms with van der Waals surface area (Å²) in [6.07, 6.45) is -1.16. The Morgan fingerprint density at radius 2 is 1.35 bits per heavy atom. The van der Waals surface area contributed by atoms with Gasteiger partial charge in [-0.05, 0) is 25.0 Å². The molecule has 252 valence electrons. The maximum Gasteiger partial charge on any atom is 0.232 e. The normalized spacial score (nSPS) is 31.8. The predicted molar refractivity (Wildman–Crippen MR) is 160 cm³/mol. The van der Waals surface area contributed by atoms with Crippen LogP contribution in [0.15, 0.2) is 37.2 Å². The Labute approximate surface area is 262 Å². The van der Waals surface area contributed by atoms with Crippen LogP contribution >= 0.6 is 8.38 Å². The van der Waals surface area contributed by atoms with E-state index in [9.17, 15) is 30.4 Å². The molecule has 9 atom stereocenters. The van der Waals surface area contributed by atoms with Gasteiger partial charge in [-0.15, -0.1) is 0 Å². The first-order valence-electron chi connectivity index (χ1n) is 14.2. The molecule has 46 heavy (non-hydrogen) atoms. The minimum Gasteiger partial charge on any atom is -0.394 e. The molecule has 6 heterocycles. The molecule has 0 aliphatic carbocycles. The van der Waals surface area contributed by atoms with Crippen LogP contribution in [0.3, 0.4) is 0 Å². The van der Waals surface area contributed by atoms with Gasteiger partial charge >= 0.3 is 0 Å². The smallest absolute Gasteiger partial charge is 0.232 e. The molecule has 0 saturated carbocycles. The van der Waals surface area contributed by atoms with Gasteiger partial charge in [0.1, 0.15) is 71.4 Å². The lowest BCUT2D eigenvalue weighted by Gasteiger charge is -2.30. The number of hydrogen-bond acceptors (Lipinski definition) is 17. The zero-order valence-electron chi connectivity index (χ0n) is 24.8. The van der Waals surface area contributed by atoms with Crippen molar-refractivity contribution in [2.75, 3.05) is 24.4 Å². The van der Waals surface area contributed by atoms with Crippen LogP contribution < -0.4 is 11.5 Å². The van der Waals surface area contributed by atoms with E-state index in [0.29, 0.717) is 27.9 Å². The van der Waals surface area contributed by atoms with Gasteiger partial charge in [0.15, 0.2) is 12.5 Å². The Morgan fingerprint density at radius 3 is 1.83 bits per heavy atom. The summed E-state index contributed by atoms with van der Waals surface area (Å²) in [5, 5.41) is 61.5. The average molecular weight is 669 g/mol. The molecule has 4 aromatic rings. The number of aliphatic hydroxyl groups is 6. The maximum atomic E-state index is 10.9. The summed E-state index contributed by atoms with van der Waals surface area (Å²) in [5.74, 6) is 0.600. The van der Waals surface area contributed by atoms with Crippen LogP contribution in [0.5, 0.6) is 0 Å². The fraction of sp³-hybridized carbons (Fsp3) is 0.538. The molecular weight excluding hydrogens is 631 g/mol. The van der Waals surface area contributed by atoms with Crippen LogP contribution in [0.25, 0.3) is 22.1 Å². The molecule has 0 spiro atoms. The topological polar surface area (TPSA) is 292 Å². The van der Waals surface area contributed by atoms with E-state index in [0.717, 1.165) is 0 Å². The van der Waals surface area contributed by atoms with Crippen LogP contribution in [0.2, 0.25) is 0 Å². The highest BCUT2D eigenvalue weighted by molar-refractivity contribution is 7.45. The van der Waals surface area contributed by atoms with Gasteiger partial charge < -0.3 is 65.6 Å². The number of nitrogen functional groups attached to an aromatic ring is 2. The van der Waals surface area contributed by atoms with Crippen molar-refractivity contribution in [2.24, 2.45) is 0 Å². The Kier molecular flexibility index (Phi) is 10.0. The molecule has 6 rings (SSSR count). The largest absolute Gasteiger partial charge is 0.394 e. The molecule has 0 amide bonds. The molecule has 0 aromatic carbocycles. The fourth-order valence-electron chi connectivity index (χ4n) is 5.60. The molecule has 3 unspecified atom stereocenters. The zero-order valence-corrected chi connectivity index (χ0v) is 25.7. The summed E-state index contributed by atoms with van der Waals surface area (Å²) in [5.41, 5.74) is 9.29. The number of aromatic nitrogens is 6. The van der Waals surface area contributed by atoms with E-state index < -0.39 is 63.0 Å². The van der Waals surface area contributed by atoms with Crippen molar-refractivity contribution in [1.82, 2.24) is 29.1 Å². The van der Waals surface area contributed by atoms with E-state index in [1.165, 1.54) is 17.2 Å². The minimum absolute atomic E-state index is 0.132. The number of hydrogen-bond donors (Lipinski definition) is 9. The number of anilines is 2. The summed E-state index contributed by atoms with van der Waals surface area (Å²) in [4.78, 5) is 30.2. The second-order valence-corrected chi connectivity index (χ2v) is 11.9. The van der Waals surface area contributed by atoms with E-state index >= 15 is 0 Å². The predicted octanol–water partition coefficient (Wildman–Crippen LogP) is -1.02. The summed E-state index contributed by atoms with van der Waals surface area (Å²) < 4.78 is 18.9. The van der Waals surface area contributed by atoms with E-state index in [4.69, 9.17) is 30.9 Å². The van der Waals surface area contributed by atoms with Crippen LogP contribution in [0.1, 0.15) is 39.1 Å². The summed E-state index contributed by atoms with van der Waals surface area (Å²) >= 11 is 0. The average Bonchev–Trinajstić information content (AvgIpc) is 3.81. The van der Waals surface area contributed by atoms with E-state index in [1.54, 1.807) is 42.9 Å². The lowest BCUT2D eigenvalue weighted by Crippen LogP contribution is -2.46. The van der Waals surface area contributed by atoms with Crippen molar-refractivity contribution >= 4 is 42.1 Å². The highest BCUT2D eigenvalue weighted by Gasteiger charge is 2.57. The Hall–Kier alpha value is -3.17. The number of fused-ring (bicyclic) bond motifs is 2. The Balaban J connectivity index is 0.000000184. The standard InChI is InChI=1S/C13H19N4O7P.C13H18N4O4/c1-2-13(20)8(19)11(23-24-25(21)6-18)22-12(13)17-4-3-7-9(14)15-5-16-10(7)17;1-2-13(20)9(19)8(5-18)21-12(13)17-4-3-7-10(14)15-6-16-11(7)17/h3-5,8,11-12,18-21H,2,6H2,1H3,(H2,14,15,16);3-4,6,8-9,12,18-20H,2,5H2,1H3,(H2,14,15,16)/t8?,11-,12-,13-,25?;8-,9?,12-,13-/m11/s1. The molecule has 2 saturated heterocycles. The Bertz CT molecular complexity index is 1650. The van der Waals surface area contributed by atoms with Crippen molar-refractivity contribution < 1.29 is 54.6 Å². The summed E-state index contributed by atoms with van der Waals surface area (Å²) in [6, 6.07) is 3.39. The van der Waals surface area contributed by atoms with Gasteiger partial charge in [-0.25, -0.2) is 19.9 Å². The Morgan fingerprint density at radius 1 is 0.848 bits per heavy atom. The number of aliphatic hydroxyl groups excluding tert-OH is 4. The van der Waals surface area contributed by atoms with Gasteiger partial charge in [-0.2, -0.15) is 9.56 Å². The number of rotatable bonds is 9. The fourth-order valence-corrected chi connectivity index (χ4v) is 5.83. The summed E-state index contributed by atoms with van der Waals surface area (Å²) in [6.45, 7) is 3.04. The zero-order chi connectivity index (χ0) is 33.4. The molecule has 2 fully saturated rings. The molecule has 0 bridgehead atoms. The van der Waals surface area contributed by atoms with Gasteiger partial charge in [0.2, 0.25) is 14.7 Å². The first-order valence-corrected chi connectivity index (χ1v) is 15.6. The molecule has 20 heteroatoms. The highest BCUT2D eigenvalue weighted by Crippen LogP contribution is 2.44. The van der Waals surface area contributed by atoms with Crippen molar-refractivity contribution in [2.45, 2.75) is 74.9 Å². The third kappa shape index (κ3) is 5.78. The third-order valence-corrected chi connectivity index (χ3v) is 8.80. The molecular formula is C26H37N8O11P.